The predicted molar refractivity (Wildman–Crippen MR) is 131 cm³/mol. The van der Waals surface area contributed by atoms with E-state index in [4.69, 9.17) is 28.4 Å². The molecule has 0 N–H and O–H groups in total. The summed E-state index contributed by atoms with van der Waals surface area (Å²) in [5, 5.41) is 0. The van der Waals surface area contributed by atoms with Crippen molar-refractivity contribution >= 4 is 40.5 Å². The summed E-state index contributed by atoms with van der Waals surface area (Å²) >= 11 is 2.07. The van der Waals surface area contributed by atoms with Crippen LogP contribution in [0.15, 0.2) is 24.3 Å². The van der Waals surface area contributed by atoms with E-state index in [9.17, 15) is 14.4 Å². The van der Waals surface area contributed by atoms with Crippen molar-refractivity contribution in [3.8, 4) is 11.5 Å². The lowest BCUT2D eigenvalue weighted by Crippen LogP contribution is -2.63. The van der Waals surface area contributed by atoms with Gasteiger partial charge in [-0.2, -0.15) is 0 Å². The van der Waals surface area contributed by atoms with Gasteiger partial charge in [0, 0.05) is 25.2 Å². The zero-order chi connectivity index (χ0) is 25.1. The third kappa shape index (κ3) is 8.94. The predicted octanol–water partition coefficient (Wildman–Crippen LogP) is 3.98. The molecule has 0 unspecified atom stereocenters. The Morgan fingerprint density at radius 1 is 0.824 bits per heavy atom. The molecule has 0 saturated carbocycles. The molecule has 0 radical (unpaired) electrons. The van der Waals surface area contributed by atoms with Gasteiger partial charge in [-0.15, -0.1) is 0 Å². The van der Waals surface area contributed by atoms with Crippen LogP contribution < -0.4 is 9.47 Å². The number of carbonyl (C=O) groups excluding carboxylic acids is 3. The Bertz CT molecular complexity index is 798. The van der Waals surface area contributed by atoms with Crippen LogP contribution in [0, 0.1) is 0 Å². The van der Waals surface area contributed by atoms with Crippen molar-refractivity contribution < 1.29 is 42.8 Å². The Labute approximate surface area is 213 Å². The van der Waals surface area contributed by atoms with Gasteiger partial charge in [-0.05, 0) is 30.7 Å². The van der Waals surface area contributed by atoms with Crippen molar-refractivity contribution in [2.24, 2.45) is 0 Å². The number of esters is 3. The lowest BCUT2D eigenvalue weighted by atomic mass is 9.99. The van der Waals surface area contributed by atoms with Gasteiger partial charge >= 0.3 is 17.9 Å². The summed E-state index contributed by atoms with van der Waals surface area (Å²) in [6.07, 6.45) is -0.500. The Morgan fingerprint density at radius 3 is 1.94 bits per heavy atom. The molecule has 0 bridgehead atoms. The fraction of sp³-hybridized carbons (Fsp3) is 0.625. The van der Waals surface area contributed by atoms with Crippen LogP contribution in [0.5, 0.6) is 11.5 Å². The molecule has 1 heterocycles. The van der Waals surface area contributed by atoms with Crippen molar-refractivity contribution in [2.75, 3.05) is 11.0 Å². The number of unbranched alkanes of at least 4 members (excludes halogenated alkanes) is 3. The summed E-state index contributed by atoms with van der Waals surface area (Å²) in [5.41, 5.74) is 0. The van der Waals surface area contributed by atoms with Gasteiger partial charge in [-0.3, -0.25) is 14.4 Å². The molecule has 1 aliphatic rings. The third-order valence-electron chi connectivity index (χ3n) is 4.99. The first-order chi connectivity index (χ1) is 16.2. The molecule has 0 amide bonds. The van der Waals surface area contributed by atoms with Crippen LogP contribution in [0.25, 0.3) is 0 Å². The minimum atomic E-state index is -1.15. The molecular formula is C24H33IO9. The van der Waals surface area contributed by atoms with Gasteiger partial charge in [0.1, 0.15) is 17.6 Å². The summed E-state index contributed by atoms with van der Waals surface area (Å²) in [6.45, 7) is 6.49. The van der Waals surface area contributed by atoms with Crippen LogP contribution in [0.2, 0.25) is 0 Å². The Morgan fingerprint density at radius 2 is 1.38 bits per heavy atom. The molecule has 1 aromatic rings. The molecule has 34 heavy (non-hydrogen) atoms. The number of alkyl halides is 1. The van der Waals surface area contributed by atoms with E-state index in [1.165, 1.54) is 33.6 Å². The molecule has 0 spiro atoms. The molecule has 1 aromatic carbocycles. The van der Waals surface area contributed by atoms with Gasteiger partial charge in [-0.25, -0.2) is 0 Å². The van der Waals surface area contributed by atoms with E-state index in [1.54, 1.807) is 24.3 Å². The highest BCUT2D eigenvalue weighted by molar-refractivity contribution is 14.1. The molecule has 1 fully saturated rings. The van der Waals surface area contributed by atoms with Gasteiger partial charge in [0.25, 0.3) is 0 Å². The summed E-state index contributed by atoms with van der Waals surface area (Å²) in [6, 6.07) is 6.99. The van der Waals surface area contributed by atoms with Crippen molar-refractivity contribution in [3.63, 3.8) is 0 Å². The molecule has 0 aliphatic carbocycles. The van der Waals surface area contributed by atoms with Crippen LogP contribution in [0.1, 0.15) is 53.4 Å². The zero-order valence-electron chi connectivity index (χ0n) is 20.0. The number of hydrogen-bond donors (Lipinski definition) is 0. The van der Waals surface area contributed by atoms with Crippen LogP contribution >= 0.6 is 22.6 Å². The fourth-order valence-electron chi connectivity index (χ4n) is 3.54. The number of carbonyl (C=O) groups is 3. The molecule has 10 heteroatoms. The quantitative estimate of drug-likeness (QED) is 0.117. The topological polar surface area (TPSA) is 107 Å². The molecule has 0 aromatic heterocycles. The molecule has 190 valence electrons. The van der Waals surface area contributed by atoms with Crippen molar-refractivity contribution in [3.05, 3.63) is 24.3 Å². The van der Waals surface area contributed by atoms with E-state index in [0.29, 0.717) is 22.5 Å². The first-order valence-corrected chi connectivity index (χ1v) is 12.9. The fourth-order valence-corrected chi connectivity index (χ4v) is 4.25. The van der Waals surface area contributed by atoms with Crippen molar-refractivity contribution in [2.45, 2.75) is 84.1 Å². The molecule has 1 aliphatic heterocycles. The number of hydrogen-bond acceptors (Lipinski definition) is 9. The summed E-state index contributed by atoms with van der Waals surface area (Å²) < 4.78 is 34.4. The van der Waals surface area contributed by atoms with E-state index in [2.05, 4.69) is 29.5 Å². The molecular weight excluding hydrogens is 559 g/mol. The SMILES string of the molecule is CCCCCCOc1ccc(O[C@@H]2O[C@@H](CI)[C@@H](OC(C)=O)[C@@H](OC(C)=O)[C@H]2OC(C)=O)cc1. The highest BCUT2D eigenvalue weighted by atomic mass is 127. The van der Waals surface area contributed by atoms with E-state index in [0.717, 1.165) is 12.8 Å². The van der Waals surface area contributed by atoms with Crippen LogP contribution in [0.3, 0.4) is 0 Å². The Kier molecular flexibility index (Phi) is 11.9. The summed E-state index contributed by atoms with van der Waals surface area (Å²) in [4.78, 5) is 35.3. The van der Waals surface area contributed by atoms with Crippen molar-refractivity contribution in [1.29, 1.82) is 0 Å². The minimum absolute atomic E-state index is 0.408. The van der Waals surface area contributed by atoms with Crippen LogP contribution in [0.4, 0.5) is 0 Å². The highest BCUT2D eigenvalue weighted by Crippen LogP contribution is 2.32. The summed E-state index contributed by atoms with van der Waals surface area (Å²) in [7, 11) is 0. The third-order valence-corrected chi connectivity index (χ3v) is 5.86. The zero-order valence-corrected chi connectivity index (χ0v) is 22.1. The summed E-state index contributed by atoms with van der Waals surface area (Å²) in [5.74, 6) is -0.664. The number of ether oxygens (including phenoxy) is 6. The highest BCUT2D eigenvalue weighted by Gasteiger charge is 2.52. The maximum absolute atomic E-state index is 11.8. The van der Waals surface area contributed by atoms with Crippen LogP contribution in [-0.4, -0.2) is 59.6 Å². The number of halogens is 1. The van der Waals surface area contributed by atoms with Crippen LogP contribution in [-0.2, 0) is 33.3 Å². The minimum Gasteiger partial charge on any atom is -0.494 e. The maximum Gasteiger partial charge on any atom is 0.303 e. The van der Waals surface area contributed by atoms with Gasteiger partial charge < -0.3 is 28.4 Å². The number of rotatable bonds is 12. The van der Waals surface area contributed by atoms with E-state index >= 15 is 0 Å². The Hall–Kier alpha value is -2.08. The van der Waals surface area contributed by atoms with Gasteiger partial charge in [0.15, 0.2) is 12.2 Å². The average molecular weight is 592 g/mol. The van der Waals surface area contributed by atoms with Gasteiger partial charge in [-0.1, -0.05) is 48.8 Å². The largest absolute Gasteiger partial charge is 0.494 e. The van der Waals surface area contributed by atoms with Crippen molar-refractivity contribution in [1.82, 2.24) is 0 Å². The second kappa shape index (κ2) is 14.3. The van der Waals surface area contributed by atoms with Gasteiger partial charge in [0.2, 0.25) is 12.4 Å². The average Bonchev–Trinajstić information content (AvgIpc) is 2.77. The second-order valence-corrected chi connectivity index (χ2v) is 8.80. The van der Waals surface area contributed by atoms with Gasteiger partial charge in [0.05, 0.1) is 6.61 Å². The van der Waals surface area contributed by atoms with E-state index < -0.39 is 48.6 Å². The lowest BCUT2D eigenvalue weighted by Gasteiger charge is -2.43. The maximum atomic E-state index is 11.8. The lowest BCUT2D eigenvalue weighted by molar-refractivity contribution is -0.279. The Balaban J connectivity index is 2.18. The smallest absolute Gasteiger partial charge is 0.303 e. The van der Waals surface area contributed by atoms with E-state index in [-0.39, 0.29) is 0 Å². The molecule has 2 rings (SSSR count). The molecule has 5 atom stereocenters. The first-order valence-electron chi connectivity index (χ1n) is 11.4. The normalized spacial score (nSPS) is 24.1. The number of benzene rings is 1. The molecule has 1 saturated heterocycles. The first kappa shape index (κ1) is 28.2. The monoisotopic (exact) mass is 592 g/mol. The molecule has 9 nitrogen and oxygen atoms in total. The second-order valence-electron chi connectivity index (χ2n) is 7.92. The van der Waals surface area contributed by atoms with E-state index in [1.807, 2.05) is 0 Å². The standard InChI is InChI=1S/C24H33IO9/c1-5-6-7-8-13-29-18-9-11-19(12-10-18)33-24-23(32-17(4)28)22(31-16(3)27)21(30-15(2)26)20(14-25)34-24/h9-12,20-24H,5-8,13-14H2,1-4H3/t20-,21+,22+,23+,24+/m0/s1.